The molecule has 0 saturated carbocycles. The molecule has 2 aromatic rings. The Morgan fingerprint density at radius 3 is 2.40 bits per heavy atom. The van der Waals surface area contributed by atoms with Crippen molar-refractivity contribution in [2.24, 2.45) is 0 Å². The van der Waals surface area contributed by atoms with Crippen LogP contribution in [0.1, 0.15) is 42.1 Å². The van der Waals surface area contributed by atoms with Gasteiger partial charge < -0.3 is 10.2 Å². The molecule has 0 aliphatic heterocycles. The minimum atomic E-state index is -4.33. The first-order valence-corrected chi connectivity index (χ1v) is 8.44. The first kappa shape index (κ1) is 19.3. The molecule has 0 fully saturated rings. The molecule has 0 aromatic heterocycles. The van der Waals surface area contributed by atoms with E-state index in [1.54, 1.807) is 6.07 Å². The largest absolute Gasteiger partial charge is 0.416 e. The second kappa shape index (κ2) is 7.91. The number of rotatable bonds is 6. The van der Waals surface area contributed by atoms with Gasteiger partial charge in [-0.05, 0) is 55.7 Å². The summed E-state index contributed by atoms with van der Waals surface area (Å²) >= 11 is 0. The molecule has 136 valence electrons. The summed E-state index contributed by atoms with van der Waals surface area (Å²) in [7, 11) is 2.03. The van der Waals surface area contributed by atoms with Crippen LogP contribution in [0.15, 0.2) is 42.5 Å². The van der Waals surface area contributed by atoms with Crippen molar-refractivity contribution in [2.45, 2.75) is 39.5 Å². The summed E-state index contributed by atoms with van der Waals surface area (Å²) in [6.45, 7) is 7.19. The van der Waals surface area contributed by atoms with Gasteiger partial charge in [0.15, 0.2) is 0 Å². The number of benzene rings is 2. The van der Waals surface area contributed by atoms with E-state index in [2.05, 4.69) is 23.2 Å². The maximum atomic E-state index is 13.1. The quantitative estimate of drug-likeness (QED) is 0.758. The van der Waals surface area contributed by atoms with Crippen LogP contribution in [0, 0.1) is 6.92 Å². The molecule has 0 aliphatic carbocycles. The summed E-state index contributed by atoms with van der Waals surface area (Å²) in [5.74, 6) is 0. The lowest BCUT2D eigenvalue weighted by Gasteiger charge is -2.22. The van der Waals surface area contributed by atoms with Gasteiger partial charge in [0, 0.05) is 31.9 Å². The van der Waals surface area contributed by atoms with Crippen molar-refractivity contribution in [3.63, 3.8) is 0 Å². The van der Waals surface area contributed by atoms with E-state index in [0.29, 0.717) is 0 Å². The fourth-order valence-electron chi connectivity index (χ4n) is 2.89. The van der Waals surface area contributed by atoms with Crippen molar-refractivity contribution in [2.75, 3.05) is 18.5 Å². The van der Waals surface area contributed by atoms with E-state index in [-0.39, 0.29) is 18.2 Å². The predicted molar refractivity (Wildman–Crippen MR) is 96.8 cm³/mol. The fraction of sp³-hybridized carbons (Fsp3) is 0.400. The van der Waals surface area contributed by atoms with E-state index in [9.17, 15) is 13.2 Å². The average Bonchev–Trinajstić information content (AvgIpc) is 2.58. The Hall–Kier alpha value is -2.01. The Morgan fingerprint density at radius 1 is 1.12 bits per heavy atom. The maximum Gasteiger partial charge on any atom is 0.416 e. The lowest BCUT2D eigenvalue weighted by Crippen LogP contribution is -2.22. The zero-order chi connectivity index (χ0) is 18.6. The van der Waals surface area contributed by atoms with E-state index in [0.717, 1.165) is 29.4 Å². The molecular formula is C20H25F3N2. The van der Waals surface area contributed by atoms with Crippen LogP contribution in [0.4, 0.5) is 18.9 Å². The number of nitrogens with zero attached hydrogens (tertiary/aromatic N) is 1. The second-order valence-corrected chi connectivity index (χ2v) is 6.31. The zero-order valence-corrected chi connectivity index (χ0v) is 15.1. The monoisotopic (exact) mass is 350 g/mol. The van der Waals surface area contributed by atoms with E-state index in [4.69, 9.17) is 0 Å². The van der Waals surface area contributed by atoms with Gasteiger partial charge in [0.1, 0.15) is 0 Å². The van der Waals surface area contributed by atoms with Crippen LogP contribution >= 0.6 is 0 Å². The molecule has 5 heteroatoms. The molecule has 0 saturated heterocycles. The summed E-state index contributed by atoms with van der Waals surface area (Å²) in [4.78, 5) is 2.15. The van der Waals surface area contributed by atoms with Crippen molar-refractivity contribution >= 4 is 5.69 Å². The molecule has 0 radical (unpaired) electrons. The third kappa shape index (κ3) is 4.75. The summed E-state index contributed by atoms with van der Waals surface area (Å²) in [5, 5.41) is 3.22. The Kier molecular flexibility index (Phi) is 6.11. The number of halogens is 3. The molecule has 0 bridgehead atoms. The van der Waals surface area contributed by atoms with Crippen LogP contribution in [0.5, 0.6) is 0 Å². The minimum Gasteiger partial charge on any atom is -0.375 e. The molecule has 2 rings (SSSR count). The molecule has 0 amide bonds. The van der Waals surface area contributed by atoms with Gasteiger partial charge in [0.25, 0.3) is 0 Å². The molecule has 0 aliphatic rings. The van der Waals surface area contributed by atoms with Crippen molar-refractivity contribution in [3.8, 4) is 0 Å². The predicted octanol–water partition coefficient (Wildman–Crippen LogP) is 5.32. The number of hydrogen-bond donors (Lipinski definition) is 1. The van der Waals surface area contributed by atoms with Gasteiger partial charge in [-0.1, -0.05) is 24.3 Å². The first-order chi connectivity index (χ1) is 11.7. The smallest absolute Gasteiger partial charge is 0.375 e. The average molecular weight is 350 g/mol. The Bertz CT molecular complexity index is 710. The van der Waals surface area contributed by atoms with E-state index in [1.807, 2.05) is 33.0 Å². The number of nitrogens with one attached hydrogen (secondary N) is 1. The topological polar surface area (TPSA) is 15.3 Å². The summed E-state index contributed by atoms with van der Waals surface area (Å²) in [6, 6.07) is 11.9. The minimum absolute atomic E-state index is 0.0396. The summed E-state index contributed by atoms with van der Waals surface area (Å²) in [5.41, 5.74) is 3.05. The van der Waals surface area contributed by atoms with Crippen molar-refractivity contribution in [1.82, 2.24) is 5.32 Å². The van der Waals surface area contributed by atoms with Crippen LogP contribution in [-0.2, 0) is 12.7 Å². The van der Waals surface area contributed by atoms with E-state index in [1.165, 1.54) is 12.1 Å². The van der Waals surface area contributed by atoms with Crippen LogP contribution in [-0.4, -0.2) is 13.6 Å². The fourth-order valence-corrected chi connectivity index (χ4v) is 2.89. The highest BCUT2D eigenvalue weighted by Crippen LogP contribution is 2.32. The maximum absolute atomic E-state index is 13.1. The molecule has 2 nitrogen and oxygen atoms in total. The Labute approximate surface area is 147 Å². The first-order valence-electron chi connectivity index (χ1n) is 8.44. The normalized spacial score (nSPS) is 12.9. The molecule has 1 unspecified atom stereocenters. The third-order valence-corrected chi connectivity index (χ3v) is 4.56. The second-order valence-electron chi connectivity index (χ2n) is 6.31. The van der Waals surface area contributed by atoms with Crippen molar-refractivity contribution in [1.29, 1.82) is 0 Å². The number of anilines is 1. The number of aryl methyl sites for hydroxylation is 1. The highest BCUT2D eigenvalue weighted by Gasteiger charge is 2.32. The van der Waals surface area contributed by atoms with E-state index < -0.39 is 11.7 Å². The van der Waals surface area contributed by atoms with Crippen LogP contribution in [0.3, 0.4) is 0 Å². The standard InChI is InChI=1S/C20H25F3N2/c1-5-25(4)17-10-11-18(14(2)12-17)15(3)24-13-16-8-6-7-9-19(16)20(21,22)23/h6-12,15,24H,5,13H2,1-4H3. The Morgan fingerprint density at radius 2 is 1.80 bits per heavy atom. The van der Waals surface area contributed by atoms with Gasteiger partial charge in [-0.2, -0.15) is 13.2 Å². The molecule has 2 aromatic carbocycles. The molecular weight excluding hydrogens is 325 g/mol. The molecule has 25 heavy (non-hydrogen) atoms. The molecule has 0 spiro atoms. The molecule has 1 N–H and O–H groups in total. The van der Waals surface area contributed by atoms with Crippen molar-refractivity contribution < 1.29 is 13.2 Å². The van der Waals surface area contributed by atoms with Gasteiger partial charge in [-0.25, -0.2) is 0 Å². The SMILES string of the molecule is CCN(C)c1ccc(C(C)NCc2ccccc2C(F)(F)F)c(C)c1. The van der Waals surface area contributed by atoms with Crippen LogP contribution < -0.4 is 10.2 Å². The lowest BCUT2D eigenvalue weighted by molar-refractivity contribution is -0.138. The van der Waals surface area contributed by atoms with Gasteiger partial charge in [-0.15, -0.1) is 0 Å². The van der Waals surface area contributed by atoms with Gasteiger partial charge in [-0.3, -0.25) is 0 Å². The lowest BCUT2D eigenvalue weighted by atomic mass is 10.0. The van der Waals surface area contributed by atoms with E-state index >= 15 is 0 Å². The molecule has 1 atom stereocenters. The third-order valence-electron chi connectivity index (χ3n) is 4.56. The van der Waals surface area contributed by atoms with Crippen molar-refractivity contribution in [3.05, 3.63) is 64.7 Å². The van der Waals surface area contributed by atoms with Gasteiger partial charge >= 0.3 is 6.18 Å². The highest BCUT2D eigenvalue weighted by atomic mass is 19.4. The Balaban J connectivity index is 2.13. The number of hydrogen-bond acceptors (Lipinski definition) is 2. The van der Waals surface area contributed by atoms with Gasteiger partial charge in [0.2, 0.25) is 0 Å². The summed E-state index contributed by atoms with van der Waals surface area (Å²) < 4.78 is 39.2. The zero-order valence-electron chi connectivity index (χ0n) is 15.1. The summed E-state index contributed by atoms with van der Waals surface area (Å²) in [6.07, 6.45) is -4.33. The van der Waals surface area contributed by atoms with Gasteiger partial charge in [0.05, 0.1) is 5.56 Å². The molecule has 0 heterocycles. The van der Waals surface area contributed by atoms with Crippen LogP contribution in [0.25, 0.3) is 0 Å². The highest BCUT2D eigenvalue weighted by molar-refractivity contribution is 5.50. The van der Waals surface area contributed by atoms with Crippen LogP contribution in [0.2, 0.25) is 0 Å². The number of alkyl halides is 3.